The molecular weight excluding hydrogens is 562 g/mol. The summed E-state index contributed by atoms with van der Waals surface area (Å²) in [5.41, 5.74) is 1.26. The molecular formula is C31H35N9O4. The zero-order valence-electron chi connectivity index (χ0n) is 25.2. The van der Waals surface area contributed by atoms with Crippen molar-refractivity contribution in [1.29, 1.82) is 0 Å². The molecule has 5 aromatic rings. The van der Waals surface area contributed by atoms with Crippen molar-refractivity contribution >= 4 is 39.7 Å². The number of aromatic nitrogens is 7. The number of fused-ring (bicyclic) bond motifs is 2. The Hall–Kier alpha value is -5.20. The highest BCUT2D eigenvalue weighted by molar-refractivity contribution is 5.83. The first-order valence-corrected chi connectivity index (χ1v) is 14.5. The monoisotopic (exact) mass is 597 g/mol. The second kappa shape index (κ2) is 11.5. The largest absolute Gasteiger partial charge is 0.474 e. The van der Waals surface area contributed by atoms with Crippen LogP contribution in [-0.2, 0) is 18.3 Å². The van der Waals surface area contributed by atoms with E-state index in [1.54, 1.807) is 32.5 Å². The van der Waals surface area contributed by atoms with E-state index >= 15 is 0 Å². The van der Waals surface area contributed by atoms with Gasteiger partial charge < -0.3 is 19.7 Å². The molecule has 0 unspecified atom stereocenters. The van der Waals surface area contributed by atoms with Crippen LogP contribution in [0.2, 0.25) is 0 Å². The molecule has 1 fully saturated rings. The molecule has 0 atom stereocenters. The molecule has 228 valence electrons. The minimum Gasteiger partial charge on any atom is -0.474 e. The molecule has 1 saturated heterocycles. The Morgan fingerprint density at radius 2 is 1.95 bits per heavy atom. The topological polar surface area (TPSA) is 134 Å². The number of benzene rings is 1. The Morgan fingerprint density at radius 3 is 2.70 bits per heavy atom. The van der Waals surface area contributed by atoms with Gasteiger partial charge in [-0.25, -0.2) is 19.1 Å². The van der Waals surface area contributed by atoms with E-state index in [9.17, 15) is 9.59 Å². The van der Waals surface area contributed by atoms with E-state index in [0.29, 0.717) is 54.6 Å². The van der Waals surface area contributed by atoms with Crippen molar-refractivity contribution in [2.45, 2.75) is 51.9 Å². The lowest BCUT2D eigenvalue weighted by Crippen LogP contribution is -2.44. The van der Waals surface area contributed by atoms with Crippen molar-refractivity contribution in [2.24, 2.45) is 7.05 Å². The van der Waals surface area contributed by atoms with Crippen LogP contribution >= 0.6 is 0 Å². The summed E-state index contributed by atoms with van der Waals surface area (Å²) in [4.78, 5) is 41.4. The second-order valence-corrected chi connectivity index (χ2v) is 11.7. The fourth-order valence-electron chi connectivity index (χ4n) is 5.21. The Balaban J connectivity index is 1.26. The van der Waals surface area contributed by atoms with Gasteiger partial charge >= 0.3 is 6.09 Å². The summed E-state index contributed by atoms with van der Waals surface area (Å²) in [5.74, 6) is 1.20. The van der Waals surface area contributed by atoms with Crippen LogP contribution < -0.4 is 15.6 Å². The number of pyridine rings is 1. The maximum Gasteiger partial charge on any atom is 0.410 e. The number of likely N-dealkylation sites (tertiary alicyclic amines) is 1. The van der Waals surface area contributed by atoms with Crippen LogP contribution in [0.3, 0.4) is 0 Å². The smallest absolute Gasteiger partial charge is 0.410 e. The zero-order valence-corrected chi connectivity index (χ0v) is 25.2. The number of nitrogens with one attached hydrogen (secondary N) is 1. The second-order valence-electron chi connectivity index (χ2n) is 11.7. The Labute approximate surface area is 253 Å². The minimum atomic E-state index is -0.542. The first kappa shape index (κ1) is 28.9. The quantitative estimate of drug-likeness (QED) is 0.268. The number of amides is 1. The van der Waals surface area contributed by atoms with Gasteiger partial charge in [0.05, 0.1) is 12.1 Å². The molecule has 1 aromatic carbocycles. The van der Waals surface area contributed by atoms with E-state index in [0.717, 1.165) is 16.6 Å². The van der Waals surface area contributed by atoms with Crippen molar-refractivity contribution in [2.75, 3.05) is 18.4 Å². The van der Waals surface area contributed by atoms with Gasteiger partial charge in [0.15, 0.2) is 11.5 Å². The van der Waals surface area contributed by atoms with Crippen molar-refractivity contribution < 1.29 is 14.3 Å². The summed E-state index contributed by atoms with van der Waals surface area (Å²) in [7, 11) is 1.88. The Bertz CT molecular complexity index is 1910. The molecule has 1 N–H and O–H groups in total. The fourth-order valence-corrected chi connectivity index (χ4v) is 5.21. The van der Waals surface area contributed by atoms with Crippen LogP contribution in [0.1, 0.15) is 33.6 Å². The summed E-state index contributed by atoms with van der Waals surface area (Å²) in [6.45, 7) is 10.7. The van der Waals surface area contributed by atoms with Gasteiger partial charge in [0.2, 0.25) is 11.8 Å². The lowest BCUT2D eigenvalue weighted by molar-refractivity contribution is 0.0123. The molecule has 13 heteroatoms. The number of nitrogens with zero attached hydrogens (tertiary/aromatic N) is 8. The van der Waals surface area contributed by atoms with E-state index in [4.69, 9.17) is 19.4 Å². The average molecular weight is 598 g/mol. The zero-order chi connectivity index (χ0) is 31.0. The molecule has 0 radical (unpaired) electrons. The van der Waals surface area contributed by atoms with Crippen molar-refractivity contribution in [3.05, 3.63) is 71.8 Å². The van der Waals surface area contributed by atoms with Gasteiger partial charge in [-0.05, 0) is 45.0 Å². The summed E-state index contributed by atoms with van der Waals surface area (Å²) in [6.07, 6.45) is 5.95. The van der Waals surface area contributed by atoms with Crippen LogP contribution in [0.15, 0.2) is 66.2 Å². The van der Waals surface area contributed by atoms with Gasteiger partial charge in [-0.3, -0.25) is 9.48 Å². The number of aryl methyl sites for hydroxylation is 1. The number of carbonyl (C=O) groups is 1. The SMILES string of the molecule is C=CCn1c(=O)c2cnc(Nc3ccc4nn(C)cc4c3)nc2n1-c1cccc(OC2CCN(C(=O)OC(C)(C)C)CC2)n1. The number of piperidine rings is 1. The maximum atomic E-state index is 13.4. The number of hydrogen-bond acceptors (Lipinski definition) is 9. The lowest BCUT2D eigenvalue weighted by atomic mass is 10.1. The van der Waals surface area contributed by atoms with Crippen LogP contribution in [0.4, 0.5) is 16.4 Å². The van der Waals surface area contributed by atoms with E-state index in [2.05, 4.69) is 22.0 Å². The number of anilines is 2. The highest BCUT2D eigenvalue weighted by Crippen LogP contribution is 2.24. The van der Waals surface area contributed by atoms with Crippen molar-refractivity contribution in [3.8, 4) is 11.7 Å². The number of rotatable bonds is 7. The fraction of sp³-hybridized carbons (Fsp3) is 0.355. The molecule has 44 heavy (non-hydrogen) atoms. The first-order valence-electron chi connectivity index (χ1n) is 14.5. The van der Waals surface area contributed by atoms with Crippen LogP contribution in [0, 0.1) is 0 Å². The normalized spacial score (nSPS) is 14.2. The molecule has 5 heterocycles. The number of hydrogen-bond donors (Lipinski definition) is 1. The molecule has 0 spiro atoms. The first-order chi connectivity index (χ1) is 21.1. The number of allylic oxidation sites excluding steroid dienone is 1. The molecule has 0 bridgehead atoms. The predicted octanol–water partition coefficient (Wildman–Crippen LogP) is 4.57. The molecule has 1 amide bonds. The minimum absolute atomic E-state index is 0.122. The summed E-state index contributed by atoms with van der Waals surface area (Å²) < 4.78 is 16.7. The average Bonchev–Trinajstić information content (AvgIpc) is 3.48. The van der Waals surface area contributed by atoms with E-state index < -0.39 is 5.60 Å². The van der Waals surface area contributed by atoms with Gasteiger partial charge in [0.25, 0.3) is 5.56 Å². The highest BCUT2D eigenvalue weighted by atomic mass is 16.6. The maximum absolute atomic E-state index is 13.4. The van der Waals surface area contributed by atoms with E-state index in [1.807, 2.05) is 58.3 Å². The van der Waals surface area contributed by atoms with E-state index in [-0.39, 0.29) is 24.3 Å². The summed E-state index contributed by atoms with van der Waals surface area (Å²) >= 11 is 0. The predicted molar refractivity (Wildman–Crippen MR) is 167 cm³/mol. The molecule has 1 aliphatic heterocycles. The van der Waals surface area contributed by atoms with Crippen LogP contribution in [-0.4, -0.2) is 69.9 Å². The number of ether oxygens (including phenoxy) is 2. The van der Waals surface area contributed by atoms with Crippen molar-refractivity contribution in [1.82, 2.24) is 39.0 Å². The molecule has 6 rings (SSSR count). The molecule has 0 aliphatic carbocycles. The van der Waals surface area contributed by atoms with Gasteiger partial charge in [-0.2, -0.15) is 15.1 Å². The lowest BCUT2D eigenvalue weighted by Gasteiger charge is -2.33. The molecule has 0 saturated carbocycles. The van der Waals surface area contributed by atoms with Crippen LogP contribution in [0.5, 0.6) is 5.88 Å². The molecule has 1 aliphatic rings. The highest BCUT2D eigenvalue weighted by Gasteiger charge is 2.28. The van der Waals surface area contributed by atoms with Gasteiger partial charge in [-0.15, -0.1) is 6.58 Å². The molecule has 4 aromatic heterocycles. The summed E-state index contributed by atoms with van der Waals surface area (Å²) in [5, 5.41) is 8.98. The third-order valence-electron chi connectivity index (χ3n) is 7.16. The number of carbonyl (C=O) groups excluding carboxylic acids is 1. The third kappa shape index (κ3) is 5.98. The van der Waals surface area contributed by atoms with Gasteiger partial charge in [0.1, 0.15) is 17.1 Å². The van der Waals surface area contributed by atoms with Crippen LogP contribution in [0.25, 0.3) is 27.8 Å². The third-order valence-corrected chi connectivity index (χ3v) is 7.16. The summed E-state index contributed by atoms with van der Waals surface area (Å²) in [6, 6.07) is 11.2. The van der Waals surface area contributed by atoms with Crippen molar-refractivity contribution in [3.63, 3.8) is 0 Å². The van der Waals surface area contributed by atoms with Gasteiger partial charge in [-0.1, -0.05) is 12.1 Å². The molecule has 13 nitrogen and oxygen atoms in total. The Kier molecular flexibility index (Phi) is 7.53. The van der Waals surface area contributed by atoms with E-state index in [1.165, 1.54) is 10.9 Å². The van der Waals surface area contributed by atoms with Gasteiger partial charge in [0, 0.05) is 62.5 Å². The standard InChI is InChI=1S/C31H35N9O4/c1-6-14-39-28(41)23-18-32-29(33-21-10-11-24-20(17-21)19-37(5)36-24)35-27(23)40(39)25-8-7-9-26(34-25)43-22-12-15-38(16-13-22)30(42)44-31(2,3)4/h6-11,17-19,22H,1,12-16H2,2-5H3,(H,32,33,35). The Morgan fingerprint density at radius 1 is 1.16 bits per heavy atom.